The molecular formula is C13H20N2O2S2. The molecule has 19 heavy (non-hydrogen) atoms. The fourth-order valence-electron chi connectivity index (χ4n) is 1.38. The molecule has 1 heterocycles. The van der Waals surface area contributed by atoms with Gasteiger partial charge in [-0.05, 0) is 17.4 Å². The fourth-order valence-corrected chi connectivity index (χ4v) is 3.30. The second kappa shape index (κ2) is 8.22. The molecule has 1 aromatic rings. The van der Waals surface area contributed by atoms with Crippen molar-refractivity contribution < 1.29 is 9.59 Å². The number of primary amides is 1. The Labute approximate surface area is 122 Å². The molecule has 2 amide bonds. The lowest BCUT2D eigenvalue weighted by molar-refractivity contribution is -0.127. The summed E-state index contributed by atoms with van der Waals surface area (Å²) in [6.45, 7) is 4.68. The molecule has 1 unspecified atom stereocenters. The lowest BCUT2D eigenvalue weighted by Crippen LogP contribution is -2.34. The molecular weight excluding hydrogens is 280 g/mol. The maximum atomic E-state index is 11.7. The van der Waals surface area contributed by atoms with Crippen LogP contribution < -0.4 is 11.1 Å². The van der Waals surface area contributed by atoms with Crippen molar-refractivity contribution in [2.75, 3.05) is 12.3 Å². The predicted molar refractivity (Wildman–Crippen MR) is 80.2 cm³/mol. The number of rotatable bonds is 8. The lowest BCUT2D eigenvalue weighted by atomic mass is 10.1. The third-order valence-corrected chi connectivity index (χ3v) is 4.76. The highest BCUT2D eigenvalue weighted by Crippen LogP contribution is 2.26. The van der Waals surface area contributed by atoms with Gasteiger partial charge >= 0.3 is 0 Å². The van der Waals surface area contributed by atoms with Crippen LogP contribution in [0.1, 0.15) is 20.3 Å². The first kappa shape index (κ1) is 16.0. The number of amides is 2. The van der Waals surface area contributed by atoms with E-state index < -0.39 is 11.8 Å². The van der Waals surface area contributed by atoms with E-state index in [9.17, 15) is 9.59 Å². The molecule has 0 saturated carbocycles. The summed E-state index contributed by atoms with van der Waals surface area (Å²) in [5.74, 6) is 0.00839. The molecule has 0 aliphatic rings. The number of hydrogen-bond acceptors (Lipinski definition) is 4. The van der Waals surface area contributed by atoms with Crippen LogP contribution in [-0.4, -0.2) is 24.1 Å². The molecule has 0 bridgehead atoms. The summed E-state index contributed by atoms with van der Waals surface area (Å²) >= 11 is 3.19. The Bertz CT molecular complexity index is 405. The van der Waals surface area contributed by atoms with Gasteiger partial charge in [-0.2, -0.15) is 0 Å². The van der Waals surface area contributed by atoms with Gasteiger partial charge < -0.3 is 11.1 Å². The van der Waals surface area contributed by atoms with Gasteiger partial charge in [0.05, 0.1) is 10.1 Å². The molecule has 0 fully saturated rings. The van der Waals surface area contributed by atoms with Crippen molar-refractivity contribution in [2.24, 2.45) is 17.6 Å². The molecule has 0 aliphatic heterocycles. The molecule has 0 radical (unpaired) electrons. The number of hydrogen-bond donors (Lipinski definition) is 2. The third-order valence-electron chi connectivity index (χ3n) is 2.46. The van der Waals surface area contributed by atoms with E-state index >= 15 is 0 Å². The first-order valence-electron chi connectivity index (χ1n) is 6.21. The molecule has 0 saturated heterocycles. The van der Waals surface area contributed by atoms with Crippen molar-refractivity contribution >= 4 is 34.9 Å². The van der Waals surface area contributed by atoms with E-state index in [1.165, 1.54) is 0 Å². The smallest absolute Gasteiger partial charge is 0.221 e. The third kappa shape index (κ3) is 6.63. The molecule has 0 aromatic carbocycles. The molecule has 3 N–H and O–H groups in total. The average Bonchev–Trinajstić information content (AvgIpc) is 2.84. The molecule has 1 atom stereocenters. The van der Waals surface area contributed by atoms with Crippen LogP contribution in [0.2, 0.25) is 0 Å². The minimum absolute atomic E-state index is 0.107. The van der Waals surface area contributed by atoms with E-state index in [1.807, 2.05) is 31.4 Å². The summed E-state index contributed by atoms with van der Waals surface area (Å²) in [7, 11) is 0. The van der Waals surface area contributed by atoms with E-state index in [4.69, 9.17) is 5.73 Å². The highest BCUT2D eigenvalue weighted by atomic mass is 32.2. The number of carbonyl (C=O) groups is 2. The Kier molecular flexibility index (Phi) is 6.94. The minimum atomic E-state index is -0.417. The van der Waals surface area contributed by atoms with Crippen molar-refractivity contribution in [2.45, 2.75) is 24.5 Å². The maximum Gasteiger partial charge on any atom is 0.221 e. The van der Waals surface area contributed by atoms with Gasteiger partial charge in [-0.1, -0.05) is 19.9 Å². The van der Waals surface area contributed by atoms with Crippen LogP contribution in [0.25, 0.3) is 0 Å². The zero-order valence-corrected chi connectivity index (χ0v) is 12.9. The Morgan fingerprint density at radius 1 is 1.47 bits per heavy atom. The first-order chi connectivity index (χ1) is 8.99. The molecule has 6 heteroatoms. The summed E-state index contributed by atoms with van der Waals surface area (Å²) in [6.07, 6.45) is 0.167. The molecule has 106 valence electrons. The van der Waals surface area contributed by atoms with Crippen molar-refractivity contribution in [3.8, 4) is 0 Å². The second-order valence-corrected chi connectivity index (χ2v) is 7.01. The SMILES string of the molecule is CC(C)CNC(=O)CC(CSc1cccs1)C(N)=O. The highest BCUT2D eigenvalue weighted by molar-refractivity contribution is 8.01. The van der Waals surface area contributed by atoms with Crippen molar-refractivity contribution in [3.05, 3.63) is 17.5 Å². The van der Waals surface area contributed by atoms with Crippen molar-refractivity contribution in [1.29, 1.82) is 0 Å². The molecule has 1 aromatic heterocycles. The summed E-state index contributed by atoms with van der Waals surface area (Å²) in [5.41, 5.74) is 5.35. The number of thioether (sulfide) groups is 1. The topological polar surface area (TPSA) is 72.2 Å². The summed E-state index contributed by atoms with van der Waals surface area (Å²) < 4.78 is 1.13. The van der Waals surface area contributed by atoms with Crippen molar-refractivity contribution in [3.63, 3.8) is 0 Å². The van der Waals surface area contributed by atoms with Crippen LogP contribution in [0.5, 0.6) is 0 Å². The predicted octanol–water partition coefficient (Wildman–Crippen LogP) is 2.10. The molecule has 0 spiro atoms. The van der Waals surface area contributed by atoms with E-state index in [0.29, 0.717) is 18.2 Å². The maximum absolute atomic E-state index is 11.7. The second-order valence-electron chi connectivity index (χ2n) is 4.74. The number of nitrogens with two attached hydrogens (primary N) is 1. The van der Waals surface area contributed by atoms with Gasteiger partial charge in [0.2, 0.25) is 11.8 Å². The van der Waals surface area contributed by atoms with E-state index in [2.05, 4.69) is 5.32 Å². The highest BCUT2D eigenvalue weighted by Gasteiger charge is 2.20. The zero-order valence-electron chi connectivity index (χ0n) is 11.2. The van der Waals surface area contributed by atoms with Gasteiger partial charge in [0, 0.05) is 18.7 Å². The van der Waals surface area contributed by atoms with E-state index in [-0.39, 0.29) is 12.3 Å². The first-order valence-corrected chi connectivity index (χ1v) is 8.08. The van der Waals surface area contributed by atoms with Crippen molar-refractivity contribution in [1.82, 2.24) is 5.32 Å². The van der Waals surface area contributed by atoms with Gasteiger partial charge in [0.25, 0.3) is 0 Å². The summed E-state index contributed by atoms with van der Waals surface area (Å²) in [5, 5.41) is 4.79. The minimum Gasteiger partial charge on any atom is -0.369 e. The average molecular weight is 300 g/mol. The van der Waals surface area contributed by atoms with E-state index in [0.717, 1.165) is 4.21 Å². The van der Waals surface area contributed by atoms with Gasteiger partial charge in [-0.15, -0.1) is 23.1 Å². The fraction of sp³-hybridized carbons (Fsp3) is 0.538. The lowest BCUT2D eigenvalue weighted by Gasteiger charge is -2.13. The van der Waals surface area contributed by atoms with Crippen LogP contribution >= 0.6 is 23.1 Å². The van der Waals surface area contributed by atoms with E-state index in [1.54, 1.807) is 23.1 Å². The van der Waals surface area contributed by atoms with Crippen LogP contribution in [0.4, 0.5) is 0 Å². The van der Waals surface area contributed by atoms with Gasteiger partial charge in [-0.25, -0.2) is 0 Å². The Morgan fingerprint density at radius 2 is 2.21 bits per heavy atom. The van der Waals surface area contributed by atoms with Crippen LogP contribution in [0.15, 0.2) is 21.7 Å². The van der Waals surface area contributed by atoms with Crippen LogP contribution in [0, 0.1) is 11.8 Å². The number of thiophene rings is 1. The molecule has 1 rings (SSSR count). The van der Waals surface area contributed by atoms with Crippen LogP contribution in [0.3, 0.4) is 0 Å². The quantitative estimate of drug-likeness (QED) is 0.722. The van der Waals surface area contributed by atoms with Gasteiger partial charge in [0.15, 0.2) is 0 Å². The number of nitrogens with one attached hydrogen (secondary N) is 1. The Morgan fingerprint density at radius 3 is 2.74 bits per heavy atom. The van der Waals surface area contributed by atoms with Gasteiger partial charge in [-0.3, -0.25) is 9.59 Å². The number of carbonyl (C=O) groups excluding carboxylic acids is 2. The normalized spacial score (nSPS) is 12.4. The monoisotopic (exact) mass is 300 g/mol. The zero-order chi connectivity index (χ0) is 14.3. The standard InChI is InChI=1S/C13H20N2O2S2/c1-9(2)7-15-11(16)6-10(13(14)17)8-19-12-4-3-5-18-12/h3-5,9-10H,6-8H2,1-2H3,(H2,14,17)(H,15,16). The molecule has 0 aliphatic carbocycles. The largest absolute Gasteiger partial charge is 0.369 e. The van der Waals surface area contributed by atoms with Crippen LogP contribution in [-0.2, 0) is 9.59 Å². The Hall–Kier alpha value is -1.01. The molecule has 4 nitrogen and oxygen atoms in total. The summed E-state index contributed by atoms with van der Waals surface area (Å²) in [6, 6.07) is 3.95. The Balaban J connectivity index is 2.39. The van der Waals surface area contributed by atoms with Gasteiger partial charge in [0.1, 0.15) is 0 Å². The summed E-state index contributed by atoms with van der Waals surface area (Å²) in [4.78, 5) is 23.1.